The molecule has 0 saturated heterocycles. The minimum atomic E-state index is -3.37. The summed E-state index contributed by atoms with van der Waals surface area (Å²) >= 11 is 0. The van der Waals surface area contributed by atoms with Gasteiger partial charge < -0.3 is 23.3 Å². The normalized spacial score (nSPS) is 7.20. The fraction of sp³-hybridized carbons (Fsp3) is 0. The van der Waals surface area contributed by atoms with Gasteiger partial charge in [-0.25, -0.2) is 0 Å². The maximum absolute atomic E-state index is 8.48. The van der Waals surface area contributed by atoms with Crippen LogP contribution >= 0.6 is 8.60 Å². The van der Waals surface area contributed by atoms with E-state index >= 15 is 0 Å². The molecule has 0 saturated carbocycles. The molecule has 0 N–H and O–H groups in total. The summed E-state index contributed by atoms with van der Waals surface area (Å²) in [5.74, 6) is 0. The predicted octanol–water partition coefficient (Wildman–Crippen LogP) is -3.55. The molecule has 0 unspecified atom stereocenters. The Labute approximate surface area is 52.5 Å². The summed E-state index contributed by atoms with van der Waals surface area (Å²) in [5.41, 5.74) is 0. The second kappa shape index (κ2) is 5.13. The number of rotatable bonds is 0. The first kappa shape index (κ1) is 9.46. The zero-order valence-electron chi connectivity index (χ0n) is 5.38. The van der Waals surface area contributed by atoms with Crippen molar-refractivity contribution in [3.63, 3.8) is 0 Å². The van der Waals surface area contributed by atoms with E-state index in [1.165, 1.54) is 0 Å². The number of hydrogen-bond donors (Lipinski definition) is 0. The fourth-order valence-corrected chi connectivity index (χ4v) is 0. The summed E-state index contributed by atoms with van der Waals surface area (Å²) in [7, 11) is -3.37. The molecule has 34 valence electrons. The molecule has 0 aromatic carbocycles. The Morgan fingerprint density at radius 1 is 1.20 bits per heavy atom. The summed E-state index contributed by atoms with van der Waals surface area (Å²) in [5, 5.41) is 0. The van der Waals surface area contributed by atoms with E-state index in [1.807, 2.05) is 0 Å². The van der Waals surface area contributed by atoms with Crippen LogP contribution in [0.1, 0.15) is 4.28 Å². The van der Waals surface area contributed by atoms with E-state index in [-0.39, 0.29) is 28.7 Å². The van der Waals surface area contributed by atoms with Gasteiger partial charge in [0.1, 0.15) is 0 Å². The van der Waals surface area contributed by atoms with Crippen LogP contribution in [-0.2, 0) is 0 Å². The van der Waals surface area contributed by atoms with Crippen molar-refractivity contribution in [1.29, 1.82) is 0 Å². The quantitative estimate of drug-likeness (QED) is 0.305. The molecule has 0 aliphatic heterocycles. The average Bonchev–Trinajstić information content (AvgIpc) is 0.811. The van der Waals surface area contributed by atoms with Crippen molar-refractivity contribution in [3.05, 3.63) is 0 Å². The Bertz CT molecular complexity index is 19.2. The Balaban J connectivity index is -0.00000000750. The molecule has 0 aliphatic rings. The van der Waals surface area contributed by atoms with E-state index in [9.17, 15) is 0 Å². The molecule has 0 spiro atoms. The van der Waals surface area contributed by atoms with Gasteiger partial charge in [-0.2, -0.15) is 0 Å². The second-order valence-corrected chi connectivity index (χ2v) is 0.671. The van der Waals surface area contributed by atoms with Gasteiger partial charge in [-0.05, 0) is 0 Å². The first-order valence-electron chi connectivity index (χ1n) is 0.548. The third kappa shape index (κ3) is 39.4. The van der Waals surface area contributed by atoms with Gasteiger partial charge in [-0.15, -0.1) is 0 Å². The fourth-order valence-electron chi connectivity index (χ4n) is 0. The Morgan fingerprint density at radius 2 is 1.20 bits per heavy atom. The molecule has 0 radical (unpaired) electrons. The van der Waals surface area contributed by atoms with E-state index in [0.29, 0.717) is 0 Å². The molecule has 5 heteroatoms. The van der Waals surface area contributed by atoms with Crippen LogP contribution in [0.25, 0.3) is 0 Å². The molecule has 3 nitrogen and oxygen atoms in total. The van der Waals surface area contributed by atoms with Crippen LogP contribution < -0.4 is 14.7 Å². The van der Waals surface area contributed by atoms with Crippen molar-refractivity contribution < 1.29 is 19.0 Å². The molecule has 0 bridgehead atoms. The van der Waals surface area contributed by atoms with Gasteiger partial charge >= 0.3 is 28.7 Å². The zero-order chi connectivity index (χ0) is 3.58. The van der Waals surface area contributed by atoms with E-state index in [1.54, 1.807) is 0 Å². The monoisotopic (exact) mass is 206 g/mol. The van der Waals surface area contributed by atoms with Gasteiger partial charge in [0.05, 0.1) is 0 Å². The molecule has 0 heterocycles. The standard InChI is InChI=1S/O3P.Sb.3H/c1-4(2)3;;;;/q-3;;;;/p+3. The molecule has 0 aromatic rings. The van der Waals surface area contributed by atoms with Crippen LogP contribution in [0.5, 0.6) is 0 Å². The van der Waals surface area contributed by atoms with E-state index in [2.05, 4.69) is 0 Å². The van der Waals surface area contributed by atoms with Crippen molar-refractivity contribution in [3.8, 4) is 0 Å². The Morgan fingerprint density at radius 3 is 1.20 bits per heavy atom. The molecule has 0 amide bonds. The zero-order valence-corrected chi connectivity index (χ0v) is 7.31. The van der Waals surface area contributed by atoms with Crippen molar-refractivity contribution in [2.24, 2.45) is 0 Å². The first-order chi connectivity index (χ1) is 1.73. The topological polar surface area (TPSA) is 69.2 Å². The Kier molecular flexibility index (Phi) is 9.70. The molecule has 0 aliphatic carbocycles. The van der Waals surface area contributed by atoms with E-state index in [4.69, 9.17) is 14.7 Å². The van der Waals surface area contributed by atoms with Gasteiger partial charge in [0.2, 0.25) is 0 Å². The summed E-state index contributed by atoms with van der Waals surface area (Å²) in [6, 6.07) is 0. The van der Waals surface area contributed by atoms with Crippen molar-refractivity contribution >= 4 is 33.0 Å². The Hall–Kier alpha value is 1.13. The van der Waals surface area contributed by atoms with Crippen molar-refractivity contribution in [2.45, 2.75) is 0 Å². The average molecular weight is 207 g/mol. The van der Waals surface area contributed by atoms with Crippen LogP contribution in [-0.4, -0.2) is 24.4 Å². The van der Waals surface area contributed by atoms with Crippen molar-refractivity contribution in [1.82, 2.24) is 0 Å². The van der Waals surface area contributed by atoms with Gasteiger partial charge in [0.25, 0.3) is 0 Å². The molecular formula is H6O3PSb. The SMILES string of the molecule is [H+].[H+].[H+].[O-]P([O-])[O-].[SbH3]. The summed E-state index contributed by atoms with van der Waals surface area (Å²) in [6.45, 7) is 0. The number of hydrogen-bond acceptors (Lipinski definition) is 3. The molecule has 0 aromatic heterocycles. The maximum atomic E-state index is 8.48. The van der Waals surface area contributed by atoms with Crippen LogP contribution in [0.15, 0.2) is 0 Å². The molecule has 0 atom stereocenters. The van der Waals surface area contributed by atoms with Crippen molar-refractivity contribution in [2.75, 3.05) is 0 Å². The predicted molar refractivity (Wildman–Crippen MR) is 20.2 cm³/mol. The van der Waals surface area contributed by atoms with Crippen LogP contribution in [0.3, 0.4) is 0 Å². The molecule has 0 rings (SSSR count). The first-order valence-corrected chi connectivity index (χ1v) is 1.64. The third-order valence-electron chi connectivity index (χ3n) is 0. The summed E-state index contributed by atoms with van der Waals surface area (Å²) in [6.07, 6.45) is 0. The molecule has 5 heavy (non-hydrogen) atoms. The van der Waals surface area contributed by atoms with E-state index < -0.39 is 8.60 Å². The second-order valence-electron chi connectivity index (χ2n) is 0.224. The molecular weight excluding hydrogens is 201 g/mol. The van der Waals surface area contributed by atoms with Crippen LogP contribution in [0.4, 0.5) is 0 Å². The van der Waals surface area contributed by atoms with E-state index in [0.717, 1.165) is 0 Å². The minimum absolute atomic E-state index is 0. The summed E-state index contributed by atoms with van der Waals surface area (Å²) in [4.78, 5) is 25.4. The van der Waals surface area contributed by atoms with Crippen LogP contribution in [0.2, 0.25) is 0 Å². The summed E-state index contributed by atoms with van der Waals surface area (Å²) < 4.78 is 0. The third-order valence-corrected chi connectivity index (χ3v) is 0. The van der Waals surface area contributed by atoms with Gasteiger partial charge in [0, 0.05) is 0 Å². The van der Waals surface area contributed by atoms with Gasteiger partial charge in [-0.3, -0.25) is 0 Å². The van der Waals surface area contributed by atoms with Crippen LogP contribution in [0, 0.1) is 0 Å². The van der Waals surface area contributed by atoms with Gasteiger partial charge in [0.15, 0.2) is 0 Å². The van der Waals surface area contributed by atoms with Gasteiger partial charge in [-0.1, -0.05) is 0 Å². The molecule has 0 fully saturated rings.